The van der Waals surface area contributed by atoms with Gasteiger partial charge in [0.2, 0.25) is 5.89 Å². The summed E-state index contributed by atoms with van der Waals surface area (Å²) in [4.78, 5) is 25.4. The highest BCUT2D eigenvalue weighted by Crippen LogP contribution is 2.36. The molecule has 132 valence electrons. The molecule has 1 saturated carbocycles. The van der Waals surface area contributed by atoms with E-state index in [1.165, 1.54) is 24.8 Å². The zero-order valence-corrected chi connectivity index (χ0v) is 14.0. The van der Waals surface area contributed by atoms with Gasteiger partial charge in [0.1, 0.15) is 0 Å². The van der Waals surface area contributed by atoms with Gasteiger partial charge in [0.05, 0.1) is 5.92 Å². The van der Waals surface area contributed by atoms with Crippen LogP contribution in [0.2, 0.25) is 0 Å². The smallest absolute Gasteiger partial charge is 0.392 e. The number of benzene rings is 1. The van der Waals surface area contributed by atoms with Crippen molar-refractivity contribution >= 4 is 11.7 Å². The van der Waals surface area contributed by atoms with Gasteiger partial charge in [-0.05, 0) is 49.3 Å². The molecule has 2 aromatic rings. The Balaban J connectivity index is 1.37. The minimum absolute atomic E-state index is 0.0422. The van der Waals surface area contributed by atoms with Crippen LogP contribution in [-0.2, 0) is 0 Å². The molecule has 2 fully saturated rings. The van der Waals surface area contributed by atoms with Gasteiger partial charge in [-0.1, -0.05) is 18.6 Å². The van der Waals surface area contributed by atoms with Crippen LogP contribution >= 0.6 is 0 Å². The standard InChI is InChI=1S/C18H22N4O3/c23-17(19-15-8-6-13(7-9-15)12-3-1-4-12)22-10-2-5-14(11-22)16-20-21-18(24)25-16/h6-9,12,14H,1-5,10-11H2,(H,19,23)(H,21,24)/t14-/m1/s1. The highest BCUT2D eigenvalue weighted by atomic mass is 16.4. The van der Waals surface area contributed by atoms with Crippen LogP contribution in [0.15, 0.2) is 33.5 Å². The number of amides is 2. The topological polar surface area (TPSA) is 91.2 Å². The number of hydrogen-bond acceptors (Lipinski definition) is 4. The molecule has 2 heterocycles. The third-order valence-corrected chi connectivity index (χ3v) is 5.25. The predicted molar refractivity (Wildman–Crippen MR) is 92.7 cm³/mol. The molecule has 0 spiro atoms. The first kappa shape index (κ1) is 15.9. The number of nitrogens with zero attached hydrogens (tertiary/aromatic N) is 2. The summed E-state index contributed by atoms with van der Waals surface area (Å²) in [6, 6.07) is 8.03. The molecular formula is C18H22N4O3. The van der Waals surface area contributed by atoms with Crippen molar-refractivity contribution in [3.8, 4) is 0 Å². The molecule has 25 heavy (non-hydrogen) atoms. The Bertz CT molecular complexity index is 791. The molecule has 1 aliphatic carbocycles. The van der Waals surface area contributed by atoms with Crippen LogP contribution in [0, 0.1) is 0 Å². The largest absolute Gasteiger partial charge is 0.434 e. The lowest BCUT2D eigenvalue weighted by molar-refractivity contribution is 0.186. The van der Waals surface area contributed by atoms with E-state index >= 15 is 0 Å². The van der Waals surface area contributed by atoms with Crippen LogP contribution in [0.4, 0.5) is 10.5 Å². The maximum Gasteiger partial charge on any atom is 0.434 e. The van der Waals surface area contributed by atoms with Crippen LogP contribution in [0.1, 0.15) is 55.4 Å². The van der Waals surface area contributed by atoms with E-state index in [0.717, 1.165) is 18.5 Å². The summed E-state index contributed by atoms with van der Waals surface area (Å²) in [7, 11) is 0. The number of nitrogens with one attached hydrogen (secondary N) is 2. The van der Waals surface area contributed by atoms with E-state index in [2.05, 4.69) is 27.6 Å². The lowest BCUT2D eigenvalue weighted by atomic mass is 9.80. The van der Waals surface area contributed by atoms with Gasteiger partial charge in [0.25, 0.3) is 0 Å². The molecule has 1 aliphatic heterocycles. The van der Waals surface area contributed by atoms with E-state index in [-0.39, 0.29) is 11.9 Å². The number of aromatic nitrogens is 2. The number of rotatable bonds is 3. The number of hydrogen-bond donors (Lipinski definition) is 2. The first-order chi connectivity index (χ1) is 12.2. The van der Waals surface area contributed by atoms with Crippen LogP contribution < -0.4 is 11.1 Å². The van der Waals surface area contributed by atoms with Crippen molar-refractivity contribution in [1.82, 2.24) is 15.1 Å². The Hall–Kier alpha value is -2.57. The second-order valence-electron chi connectivity index (χ2n) is 6.92. The molecule has 1 saturated heterocycles. The molecule has 7 nitrogen and oxygen atoms in total. The average Bonchev–Trinajstić information content (AvgIpc) is 3.02. The third-order valence-electron chi connectivity index (χ3n) is 5.25. The monoisotopic (exact) mass is 342 g/mol. The molecule has 4 rings (SSSR count). The van der Waals surface area contributed by atoms with Crippen LogP contribution in [-0.4, -0.2) is 34.2 Å². The number of carbonyl (C=O) groups excluding carboxylic acids is 1. The summed E-state index contributed by atoms with van der Waals surface area (Å²) in [6.45, 7) is 1.19. The Morgan fingerprint density at radius 1 is 1.16 bits per heavy atom. The molecule has 1 atom stereocenters. The molecule has 2 N–H and O–H groups in total. The minimum Gasteiger partial charge on any atom is -0.392 e. The van der Waals surface area contributed by atoms with Gasteiger partial charge in [-0.2, -0.15) is 0 Å². The van der Waals surface area contributed by atoms with E-state index in [1.54, 1.807) is 4.90 Å². The zero-order chi connectivity index (χ0) is 17.2. The molecule has 0 radical (unpaired) electrons. The number of carbonyl (C=O) groups is 1. The van der Waals surface area contributed by atoms with Gasteiger partial charge >= 0.3 is 11.8 Å². The van der Waals surface area contributed by atoms with Crippen LogP contribution in [0.3, 0.4) is 0 Å². The maximum absolute atomic E-state index is 12.5. The van der Waals surface area contributed by atoms with Crippen molar-refractivity contribution in [3.63, 3.8) is 0 Å². The number of urea groups is 1. The summed E-state index contributed by atoms with van der Waals surface area (Å²) < 4.78 is 5.04. The van der Waals surface area contributed by atoms with E-state index < -0.39 is 5.76 Å². The second-order valence-corrected chi connectivity index (χ2v) is 6.92. The van der Waals surface area contributed by atoms with E-state index in [1.807, 2.05) is 12.1 Å². The van der Waals surface area contributed by atoms with Gasteiger partial charge in [0, 0.05) is 18.8 Å². The Morgan fingerprint density at radius 2 is 1.92 bits per heavy atom. The lowest BCUT2D eigenvalue weighted by Crippen LogP contribution is -2.41. The minimum atomic E-state index is -0.553. The van der Waals surface area contributed by atoms with Gasteiger partial charge in [0.15, 0.2) is 0 Å². The number of H-pyrrole nitrogens is 1. The van der Waals surface area contributed by atoms with Gasteiger partial charge in [-0.3, -0.25) is 0 Å². The maximum atomic E-state index is 12.5. The number of likely N-dealkylation sites (tertiary alicyclic amines) is 1. The highest BCUT2D eigenvalue weighted by molar-refractivity contribution is 5.89. The molecule has 7 heteroatoms. The normalized spacial score (nSPS) is 21.0. The SMILES string of the molecule is O=C(Nc1ccc(C2CCC2)cc1)N1CCC[C@@H](c2n[nH]c(=O)o2)C1. The quantitative estimate of drug-likeness (QED) is 0.897. The second kappa shape index (κ2) is 6.74. The van der Waals surface area contributed by atoms with Gasteiger partial charge in [-0.15, -0.1) is 5.10 Å². The Morgan fingerprint density at radius 3 is 2.56 bits per heavy atom. The van der Waals surface area contributed by atoms with Crippen molar-refractivity contribution in [2.45, 2.75) is 43.9 Å². The van der Waals surface area contributed by atoms with Crippen molar-refractivity contribution in [3.05, 3.63) is 46.3 Å². The molecule has 2 amide bonds. The van der Waals surface area contributed by atoms with Crippen LogP contribution in [0.25, 0.3) is 0 Å². The van der Waals surface area contributed by atoms with Crippen molar-refractivity contribution in [2.24, 2.45) is 0 Å². The van der Waals surface area contributed by atoms with Gasteiger partial charge < -0.3 is 14.6 Å². The van der Waals surface area contributed by atoms with E-state index in [4.69, 9.17) is 4.42 Å². The first-order valence-electron chi connectivity index (χ1n) is 8.90. The molecule has 1 aromatic carbocycles. The predicted octanol–water partition coefficient (Wildman–Crippen LogP) is 3.04. The first-order valence-corrected chi connectivity index (χ1v) is 8.90. The fourth-order valence-electron chi connectivity index (χ4n) is 3.56. The summed E-state index contributed by atoms with van der Waals surface area (Å²) >= 11 is 0. The Labute approximate surface area is 145 Å². The number of aromatic amines is 1. The third kappa shape index (κ3) is 3.45. The summed E-state index contributed by atoms with van der Waals surface area (Å²) in [6.07, 6.45) is 5.56. The fraction of sp³-hybridized carbons (Fsp3) is 0.500. The molecule has 2 aliphatic rings. The summed E-state index contributed by atoms with van der Waals surface area (Å²) in [5.41, 5.74) is 2.16. The Kier molecular flexibility index (Phi) is 4.29. The average molecular weight is 342 g/mol. The fourth-order valence-corrected chi connectivity index (χ4v) is 3.56. The van der Waals surface area contributed by atoms with Gasteiger partial charge in [-0.25, -0.2) is 14.7 Å². The lowest BCUT2D eigenvalue weighted by Gasteiger charge is -2.31. The highest BCUT2D eigenvalue weighted by Gasteiger charge is 2.28. The number of anilines is 1. The summed E-state index contributed by atoms with van der Waals surface area (Å²) in [5.74, 6) is 0.478. The van der Waals surface area contributed by atoms with E-state index in [9.17, 15) is 9.59 Å². The van der Waals surface area contributed by atoms with Crippen LogP contribution in [0.5, 0.6) is 0 Å². The summed E-state index contributed by atoms with van der Waals surface area (Å²) in [5, 5.41) is 9.13. The molecule has 0 unspecified atom stereocenters. The molecule has 0 bridgehead atoms. The van der Waals surface area contributed by atoms with Crippen molar-refractivity contribution < 1.29 is 9.21 Å². The molecular weight excluding hydrogens is 320 g/mol. The van der Waals surface area contributed by atoms with Crippen molar-refractivity contribution in [2.75, 3.05) is 18.4 Å². The van der Waals surface area contributed by atoms with E-state index in [0.29, 0.717) is 24.9 Å². The molecule has 1 aromatic heterocycles. The zero-order valence-electron chi connectivity index (χ0n) is 14.0. The van der Waals surface area contributed by atoms with Crippen molar-refractivity contribution in [1.29, 1.82) is 0 Å². The number of piperidine rings is 1.